The first kappa shape index (κ1) is 11.6. The second-order valence-electron chi connectivity index (χ2n) is 1.84. The first-order chi connectivity index (χ1) is 5.88. The Hall–Kier alpha value is -1.37. The van der Waals surface area contributed by atoms with Crippen molar-refractivity contribution in [1.29, 1.82) is 0 Å². The van der Waals surface area contributed by atoms with Crippen molar-refractivity contribution in [1.82, 2.24) is 0 Å². The van der Waals surface area contributed by atoms with E-state index >= 15 is 0 Å². The smallest absolute Gasteiger partial charge is 0.383 e. The third-order valence-electron chi connectivity index (χ3n) is 0.815. The molecule has 74 valence electrons. The summed E-state index contributed by atoms with van der Waals surface area (Å²) >= 11 is 0. The molecule has 0 spiro atoms. The highest BCUT2D eigenvalue weighted by Gasteiger charge is 2.42. The molecule has 0 aromatic carbocycles. The van der Waals surface area contributed by atoms with E-state index in [9.17, 15) is 22.8 Å². The van der Waals surface area contributed by atoms with E-state index in [1.54, 1.807) is 0 Å². The van der Waals surface area contributed by atoms with Gasteiger partial charge in [0.05, 0.1) is 0 Å². The van der Waals surface area contributed by atoms with Crippen LogP contribution in [0.15, 0.2) is 12.2 Å². The number of carbonyl (C=O) groups is 2. The van der Waals surface area contributed by atoms with Gasteiger partial charge in [0.25, 0.3) is 0 Å². The van der Waals surface area contributed by atoms with Crippen LogP contribution >= 0.6 is 0 Å². The molecule has 7 heteroatoms. The van der Waals surface area contributed by atoms with Gasteiger partial charge in [-0.2, -0.15) is 13.2 Å². The number of ether oxygens (including phenoxy) is 1. The number of carbonyl (C=O) groups excluding carboxylic acids is 2. The molecule has 0 unspecified atom stereocenters. The largest absolute Gasteiger partial charge is 0.491 e. The Labute approximate surface area is 71.1 Å². The molecule has 0 bridgehead atoms. The number of alkyl halides is 3. The minimum atomic E-state index is -5.16. The maximum absolute atomic E-state index is 11.5. The van der Waals surface area contributed by atoms with Crippen LogP contribution in [0.3, 0.4) is 0 Å². The van der Waals surface area contributed by atoms with Crippen LogP contribution in [-0.4, -0.2) is 24.7 Å². The van der Waals surface area contributed by atoms with Crippen molar-refractivity contribution in [3.8, 4) is 0 Å². The van der Waals surface area contributed by atoms with E-state index in [0.717, 1.165) is 6.08 Å². The summed E-state index contributed by atoms with van der Waals surface area (Å²) in [6.07, 6.45) is -3.46. The molecule has 0 amide bonds. The van der Waals surface area contributed by atoms with Crippen molar-refractivity contribution in [3.63, 3.8) is 0 Å². The molecule has 0 aromatic heterocycles. The summed E-state index contributed by atoms with van der Waals surface area (Å²) in [4.78, 5) is 20.4. The standard InChI is InChI=1S/C6H6F3NO3/c7-6(8,9)5(12)13-4(11)2-1-3-10/h1-2H,3,10H2. The molecule has 0 atom stereocenters. The van der Waals surface area contributed by atoms with E-state index in [1.165, 1.54) is 0 Å². The van der Waals surface area contributed by atoms with Gasteiger partial charge in [-0.1, -0.05) is 6.08 Å². The molecular formula is C6H6F3NO3. The molecule has 0 heterocycles. The zero-order valence-electron chi connectivity index (χ0n) is 6.30. The van der Waals surface area contributed by atoms with Crippen LogP contribution in [-0.2, 0) is 14.3 Å². The topological polar surface area (TPSA) is 69.4 Å². The lowest BCUT2D eigenvalue weighted by Crippen LogP contribution is -2.27. The average molecular weight is 197 g/mol. The van der Waals surface area contributed by atoms with E-state index in [-0.39, 0.29) is 6.54 Å². The minimum Gasteiger partial charge on any atom is -0.383 e. The predicted molar refractivity (Wildman–Crippen MR) is 35.3 cm³/mol. The van der Waals surface area contributed by atoms with Gasteiger partial charge in [-0.3, -0.25) is 0 Å². The Balaban J connectivity index is 4.08. The number of esters is 2. The average Bonchev–Trinajstić information content (AvgIpc) is 1.99. The maximum atomic E-state index is 11.5. The first-order valence-electron chi connectivity index (χ1n) is 3.07. The molecule has 4 nitrogen and oxygen atoms in total. The van der Waals surface area contributed by atoms with Gasteiger partial charge in [0, 0.05) is 12.6 Å². The normalized spacial score (nSPS) is 11.7. The number of halogens is 3. The third kappa shape index (κ3) is 4.96. The third-order valence-corrected chi connectivity index (χ3v) is 0.815. The van der Waals surface area contributed by atoms with Crippen LogP contribution in [0.5, 0.6) is 0 Å². The van der Waals surface area contributed by atoms with E-state index in [1.807, 2.05) is 0 Å². The van der Waals surface area contributed by atoms with Crippen LogP contribution in [0, 0.1) is 0 Å². The Morgan fingerprint density at radius 1 is 1.38 bits per heavy atom. The molecule has 0 saturated heterocycles. The van der Waals surface area contributed by atoms with Crippen molar-refractivity contribution >= 4 is 11.9 Å². The summed E-state index contributed by atoms with van der Waals surface area (Å²) in [5, 5.41) is 0. The fourth-order valence-electron chi connectivity index (χ4n) is 0.348. The molecule has 0 aliphatic rings. The summed E-state index contributed by atoms with van der Waals surface area (Å²) in [6, 6.07) is 0. The van der Waals surface area contributed by atoms with E-state index in [4.69, 9.17) is 5.73 Å². The molecule has 0 fully saturated rings. The highest BCUT2D eigenvalue weighted by Crippen LogP contribution is 2.16. The summed E-state index contributed by atoms with van der Waals surface area (Å²) < 4.78 is 37.7. The molecule has 13 heavy (non-hydrogen) atoms. The summed E-state index contributed by atoms with van der Waals surface area (Å²) in [5.74, 6) is -3.94. The molecule has 0 aromatic rings. The summed E-state index contributed by atoms with van der Waals surface area (Å²) in [6.45, 7) is -0.0324. The van der Waals surface area contributed by atoms with Crippen molar-refractivity contribution in [2.45, 2.75) is 6.18 Å². The highest BCUT2D eigenvalue weighted by molar-refractivity contribution is 5.93. The van der Waals surface area contributed by atoms with Crippen molar-refractivity contribution in [2.75, 3.05) is 6.54 Å². The van der Waals surface area contributed by atoms with Gasteiger partial charge in [-0.05, 0) is 0 Å². The highest BCUT2D eigenvalue weighted by atomic mass is 19.4. The Morgan fingerprint density at radius 3 is 2.31 bits per heavy atom. The number of hydrogen-bond acceptors (Lipinski definition) is 4. The van der Waals surface area contributed by atoms with Gasteiger partial charge >= 0.3 is 18.1 Å². The van der Waals surface area contributed by atoms with Gasteiger partial charge in [0.1, 0.15) is 0 Å². The van der Waals surface area contributed by atoms with Crippen LogP contribution < -0.4 is 5.73 Å². The van der Waals surface area contributed by atoms with E-state index in [0.29, 0.717) is 6.08 Å². The van der Waals surface area contributed by atoms with E-state index < -0.39 is 18.1 Å². The molecule has 0 saturated carbocycles. The van der Waals surface area contributed by atoms with Gasteiger partial charge in [0.2, 0.25) is 0 Å². The monoisotopic (exact) mass is 197 g/mol. The lowest BCUT2D eigenvalue weighted by atomic mass is 10.5. The first-order valence-corrected chi connectivity index (χ1v) is 3.07. The van der Waals surface area contributed by atoms with E-state index in [2.05, 4.69) is 4.74 Å². The van der Waals surface area contributed by atoms with Crippen LogP contribution in [0.2, 0.25) is 0 Å². The van der Waals surface area contributed by atoms with Crippen LogP contribution in [0.4, 0.5) is 13.2 Å². The number of rotatable bonds is 2. The summed E-state index contributed by atoms with van der Waals surface area (Å²) in [7, 11) is 0. The van der Waals surface area contributed by atoms with Crippen molar-refractivity contribution in [2.24, 2.45) is 5.73 Å². The Kier molecular flexibility index (Phi) is 4.12. The zero-order valence-corrected chi connectivity index (χ0v) is 6.30. The molecule has 0 rings (SSSR count). The zero-order chi connectivity index (χ0) is 10.5. The minimum absolute atomic E-state index is 0.0324. The van der Waals surface area contributed by atoms with Crippen LogP contribution in [0.1, 0.15) is 0 Å². The van der Waals surface area contributed by atoms with Gasteiger partial charge in [0.15, 0.2) is 0 Å². The number of nitrogens with two attached hydrogens (primary N) is 1. The molecule has 0 radical (unpaired) electrons. The van der Waals surface area contributed by atoms with Gasteiger partial charge < -0.3 is 10.5 Å². The molecule has 0 aliphatic carbocycles. The molecular weight excluding hydrogens is 191 g/mol. The Bertz CT molecular complexity index is 234. The quantitative estimate of drug-likeness (QED) is 0.388. The fourth-order valence-corrected chi connectivity index (χ4v) is 0.348. The molecule has 2 N–H and O–H groups in total. The number of hydrogen-bond donors (Lipinski definition) is 1. The SMILES string of the molecule is NCC=CC(=O)OC(=O)C(F)(F)F. The fraction of sp³-hybridized carbons (Fsp3) is 0.333. The predicted octanol–water partition coefficient (Wildman–Crippen LogP) is 0.133. The molecule has 0 aliphatic heterocycles. The van der Waals surface area contributed by atoms with Crippen molar-refractivity contribution < 1.29 is 27.5 Å². The van der Waals surface area contributed by atoms with Gasteiger partial charge in [-0.25, -0.2) is 9.59 Å². The Morgan fingerprint density at radius 2 is 1.92 bits per heavy atom. The second kappa shape index (κ2) is 4.61. The lowest BCUT2D eigenvalue weighted by Gasteiger charge is -2.02. The summed E-state index contributed by atoms with van der Waals surface area (Å²) in [5.41, 5.74) is 4.89. The van der Waals surface area contributed by atoms with Crippen molar-refractivity contribution in [3.05, 3.63) is 12.2 Å². The van der Waals surface area contributed by atoms with Gasteiger partial charge in [-0.15, -0.1) is 0 Å². The second-order valence-corrected chi connectivity index (χ2v) is 1.84. The lowest BCUT2D eigenvalue weighted by molar-refractivity contribution is -0.200. The maximum Gasteiger partial charge on any atom is 0.491 e. The van der Waals surface area contributed by atoms with Crippen LogP contribution in [0.25, 0.3) is 0 Å².